The lowest BCUT2D eigenvalue weighted by Crippen LogP contribution is -2.30. The Kier molecular flexibility index (Phi) is 5.17. The number of nitrogens with zero attached hydrogens (tertiary/aromatic N) is 1. The highest BCUT2D eigenvalue weighted by Crippen LogP contribution is 2.44. The zero-order valence-electron chi connectivity index (χ0n) is 14.7. The fourth-order valence-corrected chi connectivity index (χ4v) is 2.73. The Hall–Kier alpha value is -2.81. The summed E-state index contributed by atoms with van der Waals surface area (Å²) < 4.78 is 24.0. The van der Waals surface area contributed by atoms with E-state index in [1.54, 1.807) is 6.92 Å². The lowest BCUT2D eigenvalue weighted by atomic mass is 9.78. The Balaban J connectivity index is 2.71. The van der Waals surface area contributed by atoms with Gasteiger partial charge in [-0.15, -0.1) is 0 Å². The Morgan fingerprint density at radius 2 is 1.96 bits per heavy atom. The van der Waals surface area contributed by atoms with E-state index in [9.17, 15) is 14.4 Å². The van der Waals surface area contributed by atoms with Gasteiger partial charge in [0.05, 0.1) is 24.2 Å². The molecule has 0 aliphatic carbocycles. The molecule has 1 heterocycles. The van der Waals surface area contributed by atoms with E-state index in [0.29, 0.717) is 11.3 Å². The molecule has 0 amide bonds. The number of ether oxygens (including phenoxy) is 2. The van der Waals surface area contributed by atoms with Crippen molar-refractivity contribution in [2.24, 2.45) is 11.1 Å². The van der Waals surface area contributed by atoms with Gasteiger partial charge < -0.3 is 15.2 Å². The van der Waals surface area contributed by atoms with Crippen LogP contribution in [0, 0.1) is 22.6 Å². The molecule has 1 aromatic rings. The van der Waals surface area contributed by atoms with Crippen LogP contribution in [0.3, 0.4) is 0 Å². The van der Waals surface area contributed by atoms with Gasteiger partial charge in [-0.1, -0.05) is 32.9 Å². The van der Waals surface area contributed by atoms with Crippen LogP contribution in [-0.2, 0) is 14.3 Å². The molecule has 0 bridgehead atoms. The second-order valence-electron chi connectivity index (χ2n) is 6.69. The number of allylic oxidation sites excluding steroid dienone is 2. The highest BCUT2D eigenvalue weighted by molar-refractivity contribution is 5.92. The molecule has 1 unspecified atom stereocenters. The number of benzene rings is 1. The summed E-state index contributed by atoms with van der Waals surface area (Å²) in [6.07, 6.45) is 0. The van der Waals surface area contributed by atoms with Crippen molar-refractivity contribution in [3.8, 4) is 6.07 Å². The van der Waals surface area contributed by atoms with E-state index in [-0.39, 0.29) is 23.6 Å². The lowest BCUT2D eigenvalue weighted by Gasteiger charge is -2.33. The second kappa shape index (κ2) is 6.98. The largest absolute Gasteiger partial charge is 0.462 e. The Morgan fingerprint density at radius 1 is 1.36 bits per heavy atom. The van der Waals surface area contributed by atoms with E-state index in [1.807, 2.05) is 20.8 Å². The Morgan fingerprint density at radius 3 is 2.44 bits per heavy atom. The van der Waals surface area contributed by atoms with Crippen LogP contribution >= 0.6 is 0 Å². The number of carbonyl (C=O) groups excluding carboxylic acids is 1. The zero-order valence-corrected chi connectivity index (χ0v) is 14.7. The van der Waals surface area contributed by atoms with Crippen LogP contribution in [0.2, 0.25) is 0 Å². The highest BCUT2D eigenvalue weighted by Gasteiger charge is 2.40. The normalized spacial score (nSPS) is 17.8. The quantitative estimate of drug-likeness (QED) is 0.848. The van der Waals surface area contributed by atoms with Gasteiger partial charge in [0, 0.05) is 5.41 Å². The van der Waals surface area contributed by atoms with Gasteiger partial charge in [-0.2, -0.15) is 5.26 Å². The first-order valence-corrected chi connectivity index (χ1v) is 7.95. The molecule has 0 spiro atoms. The van der Waals surface area contributed by atoms with E-state index in [4.69, 9.17) is 15.2 Å². The molecular weight excluding hydrogens is 323 g/mol. The molecule has 1 aromatic carbocycles. The molecule has 1 aliphatic heterocycles. The van der Waals surface area contributed by atoms with Gasteiger partial charge in [0.2, 0.25) is 5.88 Å². The first kappa shape index (κ1) is 18.5. The van der Waals surface area contributed by atoms with Crippen LogP contribution in [0.15, 0.2) is 47.1 Å². The number of carbonyl (C=O) groups is 1. The van der Waals surface area contributed by atoms with Crippen LogP contribution in [0.4, 0.5) is 4.39 Å². The molecule has 1 aliphatic rings. The summed E-state index contributed by atoms with van der Waals surface area (Å²) in [5.74, 6) is -1.56. The van der Waals surface area contributed by atoms with E-state index in [1.165, 1.54) is 24.3 Å². The third kappa shape index (κ3) is 3.66. The highest BCUT2D eigenvalue weighted by atomic mass is 19.1. The summed E-state index contributed by atoms with van der Waals surface area (Å²) >= 11 is 0. The maximum absolute atomic E-state index is 13.3. The SMILES string of the molecule is CCOC(=O)C1=C(N)OC(C(C)(C)C)=C(C#N)C1c1ccc(F)cc1. The van der Waals surface area contributed by atoms with Gasteiger partial charge in [-0.3, -0.25) is 0 Å². The summed E-state index contributed by atoms with van der Waals surface area (Å²) in [4.78, 5) is 12.4. The van der Waals surface area contributed by atoms with Crippen molar-refractivity contribution in [1.29, 1.82) is 5.26 Å². The molecule has 1 atom stereocenters. The minimum Gasteiger partial charge on any atom is -0.462 e. The third-order valence-electron chi connectivity index (χ3n) is 3.80. The van der Waals surface area contributed by atoms with E-state index in [0.717, 1.165) is 0 Å². The van der Waals surface area contributed by atoms with E-state index in [2.05, 4.69) is 6.07 Å². The molecule has 5 nitrogen and oxygen atoms in total. The van der Waals surface area contributed by atoms with Crippen molar-refractivity contribution in [2.75, 3.05) is 6.61 Å². The number of rotatable bonds is 3. The maximum atomic E-state index is 13.3. The molecular formula is C19H21FN2O3. The first-order chi connectivity index (χ1) is 11.7. The lowest BCUT2D eigenvalue weighted by molar-refractivity contribution is -0.139. The number of nitrogens with two attached hydrogens (primary N) is 1. The number of hydrogen-bond donors (Lipinski definition) is 1. The van der Waals surface area contributed by atoms with Gasteiger partial charge >= 0.3 is 5.97 Å². The molecule has 0 aromatic heterocycles. The minimum absolute atomic E-state index is 0.0537. The van der Waals surface area contributed by atoms with Crippen LogP contribution in [0.1, 0.15) is 39.2 Å². The van der Waals surface area contributed by atoms with Crippen molar-refractivity contribution in [3.63, 3.8) is 0 Å². The van der Waals surface area contributed by atoms with Gasteiger partial charge in [0.1, 0.15) is 17.1 Å². The predicted molar refractivity (Wildman–Crippen MR) is 90.2 cm³/mol. The minimum atomic E-state index is -0.771. The van der Waals surface area contributed by atoms with Crippen molar-refractivity contribution < 1.29 is 18.7 Å². The molecule has 6 heteroatoms. The number of nitriles is 1. The summed E-state index contributed by atoms with van der Waals surface area (Å²) in [6, 6.07) is 7.73. The van der Waals surface area contributed by atoms with Gasteiger partial charge in [0.15, 0.2) is 0 Å². The molecule has 0 radical (unpaired) electrons. The summed E-state index contributed by atoms with van der Waals surface area (Å²) in [7, 11) is 0. The third-order valence-corrected chi connectivity index (χ3v) is 3.80. The number of esters is 1. The Labute approximate surface area is 146 Å². The smallest absolute Gasteiger partial charge is 0.340 e. The van der Waals surface area contributed by atoms with E-state index >= 15 is 0 Å². The van der Waals surface area contributed by atoms with Gasteiger partial charge in [-0.25, -0.2) is 9.18 Å². The van der Waals surface area contributed by atoms with E-state index < -0.39 is 23.1 Å². The average molecular weight is 344 g/mol. The van der Waals surface area contributed by atoms with Crippen molar-refractivity contribution >= 4 is 5.97 Å². The first-order valence-electron chi connectivity index (χ1n) is 7.95. The monoisotopic (exact) mass is 344 g/mol. The van der Waals surface area contributed by atoms with Crippen molar-refractivity contribution in [1.82, 2.24) is 0 Å². The molecule has 2 rings (SSSR count). The average Bonchev–Trinajstić information content (AvgIpc) is 2.54. The molecule has 0 saturated carbocycles. The molecule has 0 saturated heterocycles. The van der Waals surface area contributed by atoms with Crippen LogP contribution in [0.25, 0.3) is 0 Å². The predicted octanol–water partition coefficient (Wildman–Crippen LogP) is 3.50. The zero-order chi connectivity index (χ0) is 18.8. The molecule has 25 heavy (non-hydrogen) atoms. The number of halogens is 1. The van der Waals surface area contributed by atoms with Crippen molar-refractivity contribution in [2.45, 2.75) is 33.6 Å². The number of hydrogen-bond acceptors (Lipinski definition) is 5. The van der Waals surface area contributed by atoms with Crippen LogP contribution in [0.5, 0.6) is 0 Å². The Bertz CT molecular complexity index is 780. The fraction of sp³-hybridized carbons (Fsp3) is 0.368. The maximum Gasteiger partial charge on any atom is 0.340 e. The summed E-state index contributed by atoms with van der Waals surface area (Å²) in [6.45, 7) is 7.47. The summed E-state index contributed by atoms with van der Waals surface area (Å²) in [5, 5.41) is 9.75. The van der Waals surface area contributed by atoms with Crippen LogP contribution < -0.4 is 5.73 Å². The van der Waals surface area contributed by atoms with Crippen LogP contribution in [-0.4, -0.2) is 12.6 Å². The molecule has 0 fully saturated rings. The van der Waals surface area contributed by atoms with Gasteiger partial charge in [0.25, 0.3) is 0 Å². The molecule has 132 valence electrons. The second-order valence-corrected chi connectivity index (χ2v) is 6.69. The molecule has 2 N–H and O–H groups in total. The fourth-order valence-electron chi connectivity index (χ4n) is 2.73. The standard InChI is InChI=1S/C19H21FN2O3/c1-5-24-18(23)15-14(11-6-8-12(20)9-7-11)13(10-21)16(19(2,3)4)25-17(15)22/h6-9,14H,5,22H2,1-4H3. The summed E-state index contributed by atoms with van der Waals surface area (Å²) in [5.41, 5.74) is 6.38. The topological polar surface area (TPSA) is 85.3 Å². The van der Waals surface area contributed by atoms with Crippen molar-refractivity contribution in [3.05, 3.63) is 58.4 Å². The van der Waals surface area contributed by atoms with Gasteiger partial charge in [-0.05, 0) is 24.6 Å².